The van der Waals surface area contributed by atoms with Crippen LogP contribution in [0.3, 0.4) is 0 Å². The number of hydrogen-bond acceptors (Lipinski definition) is 4. The van der Waals surface area contributed by atoms with Gasteiger partial charge in [-0.2, -0.15) is 5.10 Å². The third-order valence-corrected chi connectivity index (χ3v) is 3.73. The van der Waals surface area contributed by atoms with E-state index in [2.05, 4.69) is 24.3 Å². The number of hydrogen-bond donors (Lipinski definition) is 2. The normalized spacial score (nSPS) is 22.5. The number of carbonyl (C=O) groups is 1. The molecule has 3 N–H and O–H groups in total. The van der Waals surface area contributed by atoms with Crippen LogP contribution in [0.1, 0.15) is 44.1 Å². The number of rotatable bonds is 4. The summed E-state index contributed by atoms with van der Waals surface area (Å²) in [5, 5.41) is 7.41. The highest BCUT2D eigenvalue weighted by atomic mass is 16.5. The van der Waals surface area contributed by atoms with Gasteiger partial charge in [0.1, 0.15) is 6.10 Å². The summed E-state index contributed by atoms with van der Waals surface area (Å²) in [7, 11) is 0. The number of nitrogens with one attached hydrogen (secondary N) is 1. The quantitative estimate of drug-likeness (QED) is 0.876. The molecule has 0 spiro atoms. The van der Waals surface area contributed by atoms with Crippen LogP contribution in [0.5, 0.6) is 0 Å². The summed E-state index contributed by atoms with van der Waals surface area (Å²) >= 11 is 0. The molecule has 0 aromatic carbocycles. The molecule has 0 aliphatic carbocycles. The van der Waals surface area contributed by atoms with E-state index in [9.17, 15) is 4.79 Å². The predicted molar refractivity (Wildman–Crippen MR) is 77.7 cm³/mol. The number of nitrogens with zero attached hydrogens (tertiary/aromatic N) is 2. The molecule has 0 radical (unpaired) electrons. The van der Waals surface area contributed by atoms with Crippen molar-refractivity contribution in [3.8, 4) is 0 Å². The van der Waals surface area contributed by atoms with E-state index >= 15 is 0 Å². The van der Waals surface area contributed by atoms with Crippen molar-refractivity contribution in [2.75, 3.05) is 11.9 Å². The first-order chi connectivity index (χ1) is 9.43. The molecule has 6 heteroatoms. The van der Waals surface area contributed by atoms with Gasteiger partial charge in [0.15, 0.2) is 0 Å². The highest BCUT2D eigenvalue weighted by Gasteiger charge is 2.30. The van der Waals surface area contributed by atoms with Crippen LogP contribution >= 0.6 is 0 Å². The van der Waals surface area contributed by atoms with Gasteiger partial charge in [0, 0.05) is 12.6 Å². The van der Waals surface area contributed by atoms with E-state index in [1.54, 1.807) is 0 Å². The molecule has 0 saturated carbocycles. The van der Waals surface area contributed by atoms with Crippen LogP contribution < -0.4 is 11.1 Å². The number of amides is 1. The van der Waals surface area contributed by atoms with E-state index < -0.39 is 6.10 Å². The van der Waals surface area contributed by atoms with E-state index in [1.807, 2.05) is 18.5 Å². The van der Waals surface area contributed by atoms with Gasteiger partial charge in [0.25, 0.3) is 5.91 Å². The maximum atomic E-state index is 12.2. The van der Waals surface area contributed by atoms with Gasteiger partial charge in [-0.05, 0) is 40.5 Å². The first-order valence-electron chi connectivity index (χ1n) is 7.16. The minimum absolute atomic E-state index is 0.00586. The number of ether oxygens (including phenoxy) is 1. The Labute approximate surface area is 119 Å². The van der Waals surface area contributed by atoms with Gasteiger partial charge in [-0.3, -0.25) is 9.48 Å². The first kappa shape index (κ1) is 15.0. The van der Waals surface area contributed by atoms with Gasteiger partial charge < -0.3 is 15.8 Å². The Morgan fingerprint density at radius 2 is 2.20 bits per heavy atom. The summed E-state index contributed by atoms with van der Waals surface area (Å²) in [4.78, 5) is 12.2. The molecule has 1 aliphatic heterocycles. The lowest BCUT2D eigenvalue weighted by molar-refractivity contribution is -0.126. The number of aryl methyl sites for hydroxylation is 1. The summed E-state index contributed by atoms with van der Waals surface area (Å²) in [6.45, 7) is 8.47. The maximum absolute atomic E-state index is 12.2. The largest absolute Gasteiger partial charge is 0.364 e. The highest BCUT2D eigenvalue weighted by molar-refractivity contribution is 5.95. The molecule has 1 aromatic rings. The molecule has 6 nitrogen and oxygen atoms in total. The Kier molecular flexibility index (Phi) is 4.45. The lowest BCUT2D eigenvalue weighted by Crippen LogP contribution is -2.30. The summed E-state index contributed by atoms with van der Waals surface area (Å²) in [6, 6.07) is 0.267. The van der Waals surface area contributed by atoms with E-state index in [4.69, 9.17) is 10.5 Å². The molecule has 1 fully saturated rings. The second kappa shape index (κ2) is 5.93. The zero-order valence-corrected chi connectivity index (χ0v) is 12.6. The van der Waals surface area contributed by atoms with Crippen molar-refractivity contribution >= 4 is 11.6 Å². The van der Waals surface area contributed by atoms with Crippen LogP contribution in [0.15, 0.2) is 0 Å². The molecule has 1 amide bonds. The molecule has 1 saturated heterocycles. The van der Waals surface area contributed by atoms with E-state index in [1.165, 1.54) is 0 Å². The molecule has 112 valence electrons. The molecule has 20 heavy (non-hydrogen) atoms. The third kappa shape index (κ3) is 2.86. The second-order valence-corrected chi connectivity index (χ2v) is 5.63. The van der Waals surface area contributed by atoms with Crippen LogP contribution in [0.2, 0.25) is 0 Å². The minimum Gasteiger partial charge on any atom is -0.364 e. The van der Waals surface area contributed by atoms with Crippen molar-refractivity contribution in [3.05, 3.63) is 11.4 Å². The van der Waals surface area contributed by atoms with Crippen LogP contribution in [-0.4, -0.2) is 34.4 Å². The predicted octanol–water partition coefficient (Wildman–Crippen LogP) is 1.53. The maximum Gasteiger partial charge on any atom is 0.253 e. The van der Waals surface area contributed by atoms with Gasteiger partial charge in [0.05, 0.1) is 23.2 Å². The number of carbonyl (C=O) groups excluding carboxylic acids is 1. The highest BCUT2D eigenvalue weighted by Crippen LogP contribution is 2.25. The fraction of sp³-hybridized carbons (Fsp3) is 0.714. The fourth-order valence-corrected chi connectivity index (χ4v) is 2.62. The Morgan fingerprint density at radius 1 is 1.50 bits per heavy atom. The lowest BCUT2D eigenvalue weighted by Gasteiger charge is -2.13. The molecule has 2 heterocycles. The zero-order chi connectivity index (χ0) is 14.9. The molecular formula is C14H24N4O2. The summed E-state index contributed by atoms with van der Waals surface area (Å²) < 4.78 is 7.53. The van der Waals surface area contributed by atoms with E-state index in [0.29, 0.717) is 6.54 Å². The zero-order valence-electron chi connectivity index (χ0n) is 12.6. The van der Waals surface area contributed by atoms with Gasteiger partial charge in [-0.25, -0.2) is 0 Å². The Balaban J connectivity index is 2.09. The van der Waals surface area contributed by atoms with Crippen molar-refractivity contribution in [2.24, 2.45) is 5.73 Å². The summed E-state index contributed by atoms with van der Waals surface area (Å²) in [6.07, 6.45) is 1.18. The van der Waals surface area contributed by atoms with E-state index in [0.717, 1.165) is 29.9 Å². The summed E-state index contributed by atoms with van der Waals surface area (Å²) in [5.74, 6) is -0.101. The minimum atomic E-state index is -0.398. The van der Waals surface area contributed by atoms with Gasteiger partial charge in [-0.1, -0.05) is 0 Å². The molecule has 2 unspecified atom stereocenters. The van der Waals surface area contributed by atoms with Crippen LogP contribution in [0, 0.1) is 13.8 Å². The number of nitrogens with two attached hydrogens (primary N) is 1. The Hall–Kier alpha value is -1.40. The van der Waals surface area contributed by atoms with Crippen LogP contribution in [0.4, 0.5) is 5.69 Å². The third-order valence-electron chi connectivity index (χ3n) is 3.73. The second-order valence-electron chi connectivity index (χ2n) is 5.63. The Morgan fingerprint density at radius 3 is 2.70 bits per heavy atom. The smallest absolute Gasteiger partial charge is 0.253 e. The summed E-state index contributed by atoms with van der Waals surface area (Å²) in [5.41, 5.74) is 8.16. The van der Waals surface area contributed by atoms with Crippen LogP contribution in [0.25, 0.3) is 0 Å². The molecular weight excluding hydrogens is 256 g/mol. The van der Waals surface area contributed by atoms with Crippen molar-refractivity contribution < 1.29 is 9.53 Å². The molecule has 2 atom stereocenters. The van der Waals surface area contributed by atoms with Gasteiger partial charge >= 0.3 is 0 Å². The van der Waals surface area contributed by atoms with Crippen LogP contribution in [-0.2, 0) is 9.53 Å². The average molecular weight is 280 g/mol. The van der Waals surface area contributed by atoms with Crippen molar-refractivity contribution in [1.29, 1.82) is 0 Å². The SMILES string of the molecule is Cc1nn(C(C)C)c(C)c1NC(=O)C1CCC(CN)O1. The fourth-order valence-electron chi connectivity index (χ4n) is 2.62. The molecule has 0 bridgehead atoms. The van der Waals surface area contributed by atoms with Gasteiger partial charge in [0.2, 0.25) is 0 Å². The Bertz CT molecular complexity index is 496. The lowest BCUT2D eigenvalue weighted by atomic mass is 10.2. The standard InChI is InChI=1S/C14H24N4O2/c1-8(2)18-10(4)13(9(3)17-18)16-14(19)12-6-5-11(7-15)20-12/h8,11-12H,5-7,15H2,1-4H3,(H,16,19). The molecule has 1 aromatic heterocycles. The monoisotopic (exact) mass is 280 g/mol. The number of aromatic nitrogens is 2. The molecule has 2 rings (SSSR count). The average Bonchev–Trinajstić information content (AvgIpc) is 2.98. The van der Waals surface area contributed by atoms with Crippen molar-refractivity contribution in [3.63, 3.8) is 0 Å². The van der Waals surface area contributed by atoms with Gasteiger partial charge in [-0.15, -0.1) is 0 Å². The van der Waals surface area contributed by atoms with E-state index in [-0.39, 0.29) is 18.1 Å². The topological polar surface area (TPSA) is 82.2 Å². The molecule has 1 aliphatic rings. The van der Waals surface area contributed by atoms with Crippen molar-refractivity contribution in [1.82, 2.24) is 9.78 Å². The first-order valence-corrected chi connectivity index (χ1v) is 7.16. The van der Waals surface area contributed by atoms with Crippen molar-refractivity contribution in [2.45, 2.75) is 58.8 Å². The number of anilines is 1.